The summed E-state index contributed by atoms with van der Waals surface area (Å²) in [5.74, 6) is -0.508. The Kier molecular flexibility index (Phi) is 4.07. The number of nitrogens with one attached hydrogen (secondary N) is 1. The minimum atomic E-state index is -0.387. The van der Waals surface area contributed by atoms with Gasteiger partial charge in [0.2, 0.25) is 0 Å². The van der Waals surface area contributed by atoms with Crippen LogP contribution in [-0.4, -0.2) is 21.0 Å². The molecule has 2 heterocycles. The Morgan fingerprint density at radius 1 is 1.32 bits per heavy atom. The van der Waals surface area contributed by atoms with Gasteiger partial charge in [-0.25, -0.2) is 4.98 Å². The highest BCUT2D eigenvalue weighted by Crippen LogP contribution is 2.18. The predicted molar refractivity (Wildman–Crippen MR) is 70.6 cm³/mol. The Morgan fingerprint density at radius 3 is 2.68 bits per heavy atom. The van der Waals surface area contributed by atoms with Crippen molar-refractivity contribution in [2.45, 2.75) is 19.4 Å². The maximum Gasteiger partial charge on any atom is 0.274 e. The van der Waals surface area contributed by atoms with Gasteiger partial charge in [0, 0.05) is 18.6 Å². The molecule has 19 heavy (non-hydrogen) atoms. The molecule has 2 N–H and O–H groups in total. The zero-order valence-corrected chi connectivity index (χ0v) is 10.6. The van der Waals surface area contributed by atoms with Gasteiger partial charge in [-0.15, -0.1) is 0 Å². The van der Waals surface area contributed by atoms with E-state index in [9.17, 15) is 9.90 Å². The normalized spacial score (nSPS) is 11.8. The fourth-order valence-corrected chi connectivity index (χ4v) is 1.82. The third kappa shape index (κ3) is 3.07. The van der Waals surface area contributed by atoms with Crippen molar-refractivity contribution in [1.29, 1.82) is 0 Å². The van der Waals surface area contributed by atoms with Crippen molar-refractivity contribution >= 4 is 5.91 Å². The highest BCUT2D eigenvalue weighted by molar-refractivity contribution is 5.94. The minimum Gasteiger partial charge on any atom is -0.505 e. The van der Waals surface area contributed by atoms with Crippen molar-refractivity contribution in [3.05, 3.63) is 54.1 Å². The van der Waals surface area contributed by atoms with Gasteiger partial charge in [0.05, 0.1) is 6.04 Å². The van der Waals surface area contributed by atoms with Crippen LogP contribution >= 0.6 is 0 Å². The van der Waals surface area contributed by atoms with Gasteiger partial charge in [0.15, 0.2) is 5.69 Å². The van der Waals surface area contributed by atoms with Crippen molar-refractivity contribution in [3.8, 4) is 5.75 Å². The van der Waals surface area contributed by atoms with Gasteiger partial charge < -0.3 is 10.4 Å². The predicted octanol–water partition coefficient (Wildman–Crippen LogP) is 2.06. The summed E-state index contributed by atoms with van der Waals surface area (Å²) >= 11 is 0. The van der Waals surface area contributed by atoms with E-state index in [2.05, 4.69) is 15.3 Å². The van der Waals surface area contributed by atoms with E-state index in [0.29, 0.717) is 0 Å². The lowest BCUT2D eigenvalue weighted by atomic mass is 10.1. The van der Waals surface area contributed by atoms with E-state index < -0.39 is 0 Å². The lowest BCUT2D eigenvalue weighted by molar-refractivity contribution is 0.0927. The smallest absolute Gasteiger partial charge is 0.274 e. The van der Waals surface area contributed by atoms with E-state index in [1.807, 2.05) is 19.1 Å². The second-order valence-corrected chi connectivity index (χ2v) is 4.09. The second-order valence-electron chi connectivity index (χ2n) is 4.09. The molecular weight excluding hydrogens is 242 g/mol. The quantitative estimate of drug-likeness (QED) is 0.879. The third-order valence-electron chi connectivity index (χ3n) is 2.82. The van der Waals surface area contributed by atoms with E-state index in [1.54, 1.807) is 18.5 Å². The summed E-state index contributed by atoms with van der Waals surface area (Å²) in [6, 6.07) is 6.60. The molecule has 0 fully saturated rings. The number of nitrogens with zero attached hydrogens (tertiary/aromatic N) is 2. The summed E-state index contributed by atoms with van der Waals surface area (Å²) in [6.45, 7) is 1.98. The number of amides is 1. The van der Waals surface area contributed by atoms with Gasteiger partial charge in [0.25, 0.3) is 5.91 Å². The Bertz CT molecular complexity index is 558. The molecular formula is C14H15N3O2. The molecule has 0 aliphatic heterocycles. The minimum absolute atomic E-state index is 0.0370. The number of pyridine rings is 2. The summed E-state index contributed by atoms with van der Waals surface area (Å²) in [6.07, 6.45) is 5.58. The molecule has 5 nitrogen and oxygen atoms in total. The molecule has 0 aliphatic rings. The molecule has 2 aromatic heterocycles. The van der Waals surface area contributed by atoms with Gasteiger partial charge in [-0.1, -0.05) is 6.92 Å². The zero-order valence-electron chi connectivity index (χ0n) is 10.6. The highest BCUT2D eigenvalue weighted by atomic mass is 16.3. The number of aromatic hydroxyl groups is 1. The molecule has 1 unspecified atom stereocenters. The topological polar surface area (TPSA) is 75.1 Å². The first-order valence-electron chi connectivity index (χ1n) is 6.07. The van der Waals surface area contributed by atoms with Crippen molar-refractivity contribution in [1.82, 2.24) is 15.3 Å². The maximum absolute atomic E-state index is 12.1. The summed E-state index contributed by atoms with van der Waals surface area (Å²) in [5.41, 5.74) is 1.01. The van der Waals surface area contributed by atoms with Crippen molar-refractivity contribution in [2.75, 3.05) is 0 Å². The van der Waals surface area contributed by atoms with Gasteiger partial charge in [-0.05, 0) is 36.2 Å². The molecule has 1 atom stereocenters. The van der Waals surface area contributed by atoms with Crippen molar-refractivity contribution in [3.63, 3.8) is 0 Å². The number of aromatic nitrogens is 2. The van der Waals surface area contributed by atoms with Gasteiger partial charge in [-0.3, -0.25) is 9.78 Å². The van der Waals surface area contributed by atoms with Crippen LogP contribution in [0, 0.1) is 0 Å². The second kappa shape index (κ2) is 5.95. The van der Waals surface area contributed by atoms with Crippen LogP contribution in [0.4, 0.5) is 0 Å². The molecule has 0 spiro atoms. The summed E-state index contributed by atoms with van der Waals surface area (Å²) in [4.78, 5) is 19.9. The van der Waals surface area contributed by atoms with Crippen LogP contribution in [0.5, 0.6) is 5.75 Å². The number of carbonyl (C=O) groups excluding carboxylic acids is 1. The van der Waals surface area contributed by atoms with Gasteiger partial charge in [-0.2, -0.15) is 0 Å². The van der Waals surface area contributed by atoms with Crippen LogP contribution in [0.1, 0.15) is 35.4 Å². The molecule has 0 aliphatic carbocycles. The fourth-order valence-electron chi connectivity index (χ4n) is 1.82. The van der Waals surface area contributed by atoms with Crippen LogP contribution in [0.15, 0.2) is 42.9 Å². The molecule has 0 bridgehead atoms. The van der Waals surface area contributed by atoms with Crippen molar-refractivity contribution < 1.29 is 9.90 Å². The van der Waals surface area contributed by atoms with E-state index in [1.165, 1.54) is 12.3 Å². The first kappa shape index (κ1) is 13.0. The molecule has 0 saturated heterocycles. The number of rotatable bonds is 4. The first-order valence-corrected chi connectivity index (χ1v) is 6.07. The van der Waals surface area contributed by atoms with Crippen molar-refractivity contribution in [2.24, 2.45) is 0 Å². The molecule has 0 radical (unpaired) electrons. The fraction of sp³-hybridized carbons (Fsp3) is 0.214. The number of hydrogen-bond acceptors (Lipinski definition) is 4. The van der Waals surface area contributed by atoms with E-state index >= 15 is 0 Å². The standard InChI is InChI=1S/C14H15N3O2/c1-2-11(10-5-8-15-9-6-10)17-14(19)13-12(18)4-3-7-16-13/h3-9,11,18H,2H2,1H3,(H,17,19). The zero-order chi connectivity index (χ0) is 13.7. The largest absolute Gasteiger partial charge is 0.505 e. The molecule has 2 aromatic rings. The molecule has 1 amide bonds. The van der Waals surface area contributed by atoms with Crippen LogP contribution in [0.2, 0.25) is 0 Å². The first-order chi connectivity index (χ1) is 9.22. The van der Waals surface area contributed by atoms with E-state index in [-0.39, 0.29) is 23.4 Å². The number of carbonyl (C=O) groups is 1. The maximum atomic E-state index is 12.1. The Labute approximate surface area is 111 Å². The molecule has 5 heteroatoms. The average molecular weight is 257 g/mol. The third-order valence-corrected chi connectivity index (χ3v) is 2.82. The van der Waals surface area contributed by atoms with Crippen LogP contribution in [0.3, 0.4) is 0 Å². The lowest BCUT2D eigenvalue weighted by Crippen LogP contribution is -2.28. The van der Waals surface area contributed by atoms with E-state index in [4.69, 9.17) is 0 Å². The Morgan fingerprint density at radius 2 is 2.05 bits per heavy atom. The lowest BCUT2D eigenvalue weighted by Gasteiger charge is -2.17. The summed E-state index contributed by atoms with van der Waals surface area (Å²) < 4.78 is 0. The van der Waals surface area contributed by atoms with Crippen LogP contribution in [0.25, 0.3) is 0 Å². The van der Waals surface area contributed by atoms with Crippen LogP contribution < -0.4 is 5.32 Å². The average Bonchev–Trinajstić information content (AvgIpc) is 2.46. The Hall–Kier alpha value is -2.43. The molecule has 0 saturated carbocycles. The van der Waals surface area contributed by atoms with Crippen LogP contribution in [-0.2, 0) is 0 Å². The van der Waals surface area contributed by atoms with Gasteiger partial charge in [0.1, 0.15) is 5.75 Å². The SMILES string of the molecule is CCC(NC(=O)c1ncccc1O)c1ccncc1. The van der Waals surface area contributed by atoms with Gasteiger partial charge >= 0.3 is 0 Å². The Balaban J connectivity index is 2.16. The summed E-state index contributed by atoms with van der Waals surface area (Å²) in [5, 5.41) is 12.5. The number of hydrogen-bond donors (Lipinski definition) is 2. The summed E-state index contributed by atoms with van der Waals surface area (Å²) in [7, 11) is 0. The molecule has 2 rings (SSSR count). The van der Waals surface area contributed by atoms with E-state index in [0.717, 1.165) is 12.0 Å². The monoisotopic (exact) mass is 257 g/mol. The highest BCUT2D eigenvalue weighted by Gasteiger charge is 2.17. The molecule has 0 aromatic carbocycles. The molecule has 98 valence electrons.